The quantitative estimate of drug-likeness (QED) is 0.815. The van der Waals surface area contributed by atoms with Gasteiger partial charge in [0, 0.05) is 41.4 Å². The fourth-order valence-electron chi connectivity index (χ4n) is 2.67. The maximum absolute atomic E-state index is 6.11. The van der Waals surface area contributed by atoms with Gasteiger partial charge in [-0.1, -0.05) is 27.5 Å². The molecule has 3 nitrogen and oxygen atoms in total. The third kappa shape index (κ3) is 3.27. The highest BCUT2D eigenvalue weighted by atomic mass is 79.9. The number of anilines is 3. The van der Waals surface area contributed by atoms with E-state index in [0.717, 1.165) is 47.0 Å². The van der Waals surface area contributed by atoms with Gasteiger partial charge >= 0.3 is 0 Å². The number of nitrogen functional groups attached to an aromatic ring is 1. The van der Waals surface area contributed by atoms with E-state index in [2.05, 4.69) is 43.9 Å². The first-order valence-electron chi connectivity index (χ1n) is 6.94. The molecule has 1 saturated heterocycles. The van der Waals surface area contributed by atoms with E-state index >= 15 is 0 Å². The van der Waals surface area contributed by atoms with E-state index in [1.165, 1.54) is 5.69 Å². The number of piperazine rings is 1. The van der Waals surface area contributed by atoms with Crippen molar-refractivity contribution in [3.63, 3.8) is 0 Å². The van der Waals surface area contributed by atoms with Crippen molar-refractivity contribution in [2.75, 3.05) is 41.7 Å². The van der Waals surface area contributed by atoms with Crippen LogP contribution in [-0.4, -0.2) is 26.2 Å². The average Bonchev–Trinajstić information content (AvgIpc) is 2.48. The molecule has 0 radical (unpaired) electrons. The molecule has 1 aliphatic heterocycles. The molecule has 0 atom stereocenters. The molecule has 0 unspecified atom stereocenters. The first-order chi connectivity index (χ1) is 10.1. The van der Waals surface area contributed by atoms with E-state index in [1.807, 2.05) is 24.3 Å². The Labute approximate surface area is 138 Å². The van der Waals surface area contributed by atoms with Crippen molar-refractivity contribution in [3.05, 3.63) is 52.0 Å². The normalized spacial score (nSPS) is 15.3. The Bertz CT molecular complexity index is 622. The first-order valence-corrected chi connectivity index (χ1v) is 8.11. The molecule has 2 N–H and O–H groups in total. The molecule has 1 fully saturated rings. The van der Waals surface area contributed by atoms with Crippen LogP contribution in [0, 0.1) is 0 Å². The lowest BCUT2D eigenvalue weighted by Crippen LogP contribution is -2.46. The Morgan fingerprint density at radius 3 is 2.14 bits per heavy atom. The minimum Gasteiger partial charge on any atom is -0.397 e. The highest BCUT2D eigenvalue weighted by molar-refractivity contribution is 9.10. The summed E-state index contributed by atoms with van der Waals surface area (Å²) in [5.74, 6) is 0. The number of benzene rings is 2. The van der Waals surface area contributed by atoms with E-state index in [-0.39, 0.29) is 0 Å². The van der Waals surface area contributed by atoms with Gasteiger partial charge in [0.15, 0.2) is 0 Å². The van der Waals surface area contributed by atoms with Crippen molar-refractivity contribution >= 4 is 44.6 Å². The lowest BCUT2D eigenvalue weighted by atomic mass is 10.2. The third-order valence-electron chi connectivity index (χ3n) is 3.80. The van der Waals surface area contributed by atoms with Gasteiger partial charge < -0.3 is 15.5 Å². The van der Waals surface area contributed by atoms with Gasteiger partial charge in [-0.3, -0.25) is 0 Å². The van der Waals surface area contributed by atoms with Gasteiger partial charge in [0.2, 0.25) is 0 Å². The molecule has 0 saturated carbocycles. The van der Waals surface area contributed by atoms with Crippen molar-refractivity contribution in [2.45, 2.75) is 0 Å². The molecular formula is C16H17BrClN3. The topological polar surface area (TPSA) is 32.5 Å². The SMILES string of the molecule is Nc1cc(Br)ccc1N1CCN(c2ccc(Cl)cc2)CC1. The molecule has 21 heavy (non-hydrogen) atoms. The van der Waals surface area contributed by atoms with Crippen molar-refractivity contribution < 1.29 is 0 Å². The maximum Gasteiger partial charge on any atom is 0.0601 e. The van der Waals surface area contributed by atoms with Gasteiger partial charge in [-0.15, -0.1) is 0 Å². The largest absolute Gasteiger partial charge is 0.397 e. The van der Waals surface area contributed by atoms with Crippen LogP contribution in [0.1, 0.15) is 0 Å². The van der Waals surface area contributed by atoms with Crippen LogP contribution in [0.4, 0.5) is 17.1 Å². The van der Waals surface area contributed by atoms with E-state index in [1.54, 1.807) is 0 Å². The summed E-state index contributed by atoms with van der Waals surface area (Å²) in [6.07, 6.45) is 0. The number of nitrogens with two attached hydrogens (primary N) is 1. The molecule has 1 heterocycles. The molecule has 0 spiro atoms. The fourth-order valence-corrected chi connectivity index (χ4v) is 3.18. The maximum atomic E-state index is 6.11. The summed E-state index contributed by atoms with van der Waals surface area (Å²) in [6.45, 7) is 3.90. The van der Waals surface area contributed by atoms with E-state index in [0.29, 0.717) is 0 Å². The second-order valence-corrected chi connectivity index (χ2v) is 6.51. The van der Waals surface area contributed by atoms with Crippen LogP contribution in [0.25, 0.3) is 0 Å². The molecule has 1 aliphatic rings. The van der Waals surface area contributed by atoms with Crippen LogP contribution in [-0.2, 0) is 0 Å². The average molecular weight is 367 g/mol. The highest BCUT2D eigenvalue weighted by Crippen LogP contribution is 2.28. The first kappa shape index (κ1) is 14.5. The van der Waals surface area contributed by atoms with E-state index in [4.69, 9.17) is 17.3 Å². The molecular weight excluding hydrogens is 350 g/mol. The Morgan fingerprint density at radius 2 is 1.52 bits per heavy atom. The van der Waals surface area contributed by atoms with Crippen molar-refractivity contribution in [1.29, 1.82) is 0 Å². The summed E-state index contributed by atoms with van der Waals surface area (Å²) < 4.78 is 1.02. The Morgan fingerprint density at radius 1 is 0.905 bits per heavy atom. The van der Waals surface area contributed by atoms with E-state index in [9.17, 15) is 0 Å². The van der Waals surface area contributed by atoms with Gasteiger partial charge in [0.1, 0.15) is 0 Å². The van der Waals surface area contributed by atoms with Crippen molar-refractivity contribution in [3.8, 4) is 0 Å². The van der Waals surface area contributed by atoms with Gasteiger partial charge in [-0.05, 0) is 42.5 Å². The standard InChI is InChI=1S/C16H17BrClN3/c17-12-1-6-16(15(19)11-12)21-9-7-20(8-10-21)14-4-2-13(18)3-5-14/h1-6,11H,7-10,19H2. The summed E-state index contributed by atoms with van der Waals surface area (Å²) in [7, 11) is 0. The summed E-state index contributed by atoms with van der Waals surface area (Å²) in [5, 5.41) is 0.778. The predicted octanol–water partition coefficient (Wildman–Crippen LogP) is 4.01. The van der Waals surface area contributed by atoms with E-state index < -0.39 is 0 Å². The second-order valence-electron chi connectivity index (χ2n) is 5.15. The Hall–Kier alpha value is -1.39. The van der Waals surface area contributed by atoms with Crippen LogP contribution >= 0.6 is 27.5 Å². The number of rotatable bonds is 2. The molecule has 0 bridgehead atoms. The van der Waals surface area contributed by atoms with Crippen LogP contribution in [0.15, 0.2) is 46.9 Å². The molecule has 0 aliphatic carbocycles. The smallest absolute Gasteiger partial charge is 0.0601 e. The van der Waals surface area contributed by atoms with Gasteiger partial charge in [0.25, 0.3) is 0 Å². The zero-order valence-electron chi connectivity index (χ0n) is 11.6. The molecule has 2 aromatic carbocycles. The molecule has 2 aromatic rings. The number of hydrogen-bond acceptors (Lipinski definition) is 3. The molecule has 0 aromatic heterocycles. The van der Waals surface area contributed by atoms with Gasteiger partial charge in [-0.25, -0.2) is 0 Å². The summed E-state index contributed by atoms with van der Waals surface area (Å²) in [6, 6.07) is 14.1. The molecule has 3 rings (SSSR count). The number of nitrogens with zero attached hydrogens (tertiary/aromatic N) is 2. The molecule has 110 valence electrons. The minimum atomic E-state index is 0.778. The van der Waals surface area contributed by atoms with Crippen molar-refractivity contribution in [2.24, 2.45) is 0 Å². The Balaban J connectivity index is 1.68. The fraction of sp³-hybridized carbons (Fsp3) is 0.250. The number of halogens is 2. The second kappa shape index (κ2) is 6.16. The van der Waals surface area contributed by atoms with Crippen LogP contribution in [0.3, 0.4) is 0 Å². The third-order valence-corrected chi connectivity index (χ3v) is 4.55. The van der Waals surface area contributed by atoms with Gasteiger partial charge in [0.05, 0.1) is 11.4 Å². The summed E-state index contributed by atoms with van der Waals surface area (Å²) >= 11 is 9.39. The zero-order valence-corrected chi connectivity index (χ0v) is 13.9. The van der Waals surface area contributed by atoms with Crippen molar-refractivity contribution in [1.82, 2.24) is 0 Å². The van der Waals surface area contributed by atoms with Crippen LogP contribution < -0.4 is 15.5 Å². The number of hydrogen-bond donors (Lipinski definition) is 1. The molecule has 0 amide bonds. The minimum absolute atomic E-state index is 0.778. The summed E-state index contributed by atoms with van der Waals surface area (Å²) in [4.78, 5) is 4.72. The monoisotopic (exact) mass is 365 g/mol. The highest BCUT2D eigenvalue weighted by Gasteiger charge is 2.18. The molecule has 5 heteroatoms. The lowest BCUT2D eigenvalue weighted by molar-refractivity contribution is 0.654. The predicted molar refractivity (Wildman–Crippen MR) is 94.4 cm³/mol. The van der Waals surface area contributed by atoms with Crippen LogP contribution in [0.2, 0.25) is 5.02 Å². The Kier molecular flexibility index (Phi) is 4.27. The van der Waals surface area contributed by atoms with Crippen LogP contribution in [0.5, 0.6) is 0 Å². The zero-order chi connectivity index (χ0) is 14.8. The lowest BCUT2D eigenvalue weighted by Gasteiger charge is -2.37. The van der Waals surface area contributed by atoms with Gasteiger partial charge in [-0.2, -0.15) is 0 Å². The summed E-state index contributed by atoms with van der Waals surface area (Å²) in [5.41, 5.74) is 9.28.